The lowest BCUT2D eigenvalue weighted by molar-refractivity contribution is -0.270. The van der Waals surface area contributed by atoms with Crippen LogP contribution >= 0.6 is 0 Å². The van der Waals surface area contributed by atoms with Crippen LogP contribution in [-0.4, -0.2) is 66.2 Å². The van der Waals surface area contributed by atoms with E-state index >= 15 is 0 Å². The number of hydrogen-bond acceptors (Lipinski definition) is 7. The first kappa shape index (κ1) is 30.3. The van der Waals surface area contributed by atoms with E-state index in [9.17, 15) is 10.2 Å². The number of aliphatic hydroxyl groups is 2. The fourth-order valence-electron chi connectivity index (χ4n) is 5.25. The van der Waals surface area contributed by atoms with Crippen molar-refractivity contribution < 1.29 is 33.9 Å². The van der Waals surface area contributed by atoms with E-state index in [2.05, 4.69) is 0 Å². The summed E-state index contributed by atoms with van der Waals surface area (Å²) in [5, 5.41) is 19.1. The summed E-state index contributed by atoms with van der Waals surface area (Å²) in [6.07, 6.45) is 4.46. The molecule has 0 amide bonds. The van der Waals surface area contributed by atoms with E-state index in [0.717, 1.165) is 16.7 Å². The molecule has 0 spiro atoms. The molecular formula is C35H40O7. The van der Waals surface area contributed by atoms with Crippen molar-refractivity contribution >= 4 is 0 Å². The Morgan fingerprint density at radius 2 is 1.33 bits per heavy atom. The van der Waals surface area contributed by atoms with E-state index in [4.69, 9.17) is 23.7 Å². The Morgan fingerprint density at radius 1 is 0.762 bits per heavy atom. The summed E-state index contributed by atoms with van der Waals surface area (Å²) in [6, 6.07) is 30.2. The minimum atomic E-state index is -0.957. The van der Waals surface area contributed by atoms with Gasteiger partial charge in [0.25, 0.3) is 0 Å². The monoisotopic (exact) mass is 572 g/mol. The molecule has 0 saturated carbocycles. The van der Waals surface area contributed by atoms with Gasteiger partial charge >= 0.3 is 0 Å². The largest absolute Gasteiger partial charge is 0.393 e. The molecule has 42 heavy (non-hydrogen) atoms. The highest BCUT2D eigenvalue weighted by Crippen LogP contribution is 2.34. The van der Waals surface area contributed by atoms with Gasteiger partial charge in [-0.05, 0) is 23.1 Å². The zero-order valence-electron chi connectivity index (χ0n) is 23.7. The zero-order valence-corrected chi connectivity index (χ0v) is 23.7. The molecule has 7 heteroatoms. The van der Waals surface area contributed by atoms with Gasteiger partial charge in [0, 0.05) is 0 Å². The van der Waals surface area contributed by atoms with Gasteiger partial charge in [-0.3, -0.25) is 0 Å². The zero-order chi connectivity index (χ0) is 29.0. The molecule has 0 bridgehead atoms. The van der Waals surface area contributed by atoms with Crippen molar-refractivity contribution in [2.45, 2.75) is 69.0 Å². The third-order valence-corrected chi connectivity index (χ3v) is 7.41. The Labute approximate surface area is 248 Å². The molecule has 222 valence electrons. The second-order valence-corrected chi connectivity index (χ2v) is 10.6. The van der Waals surface area contributed by atoms with Gasteiger partial charge in [-0.1, -0.05) is 115 Å². The Hall–Kier alpha value is -3.14. The molecule has 0 aliphatic carbocycles. The van der Waals surface area contributed by atoms with Crippen LogP contribution in [0, 0.1) is 0 Å². The maximum atomic E-state index is 9.87. The molecular weight excluding hydrogens is 532 g/mol. The smallest absolute Gasteiger partial charge is 0.115 e. The van der Waals surface area contributed by atoms with Crippen LogP contribution in [0.5, 0.6) is 0 Å². The summed E-state index contributed by atoms with van der Waals surface area (Å²) in [5.41, 5.74) is 3.19. The van der Waals surface area contributed by atoms with Crippen molar-refractivity contribution in [3.05, 3.63) is 132 Å². The molecule has 5 rings (SSSR count). The average Bonchev–Trinajstić information content (AvgIpc) is 3.25. The van der Waals surface area contributed by atoms with Crippen molar-refractivity contribution in [1.82, 2.24) is 0 Å². The van der Waals surface area contributed by atoms with Gasteiger partial charge in [0.2, 0.25) is 0 Å². The second-order valence-electron chi connectivity index (χ2n) is 10.6. The van der Waals surface area contributed by atoms with Crippen molar-refractivity contribution in [2.75, 3.05) is 13.2 Å². The minimum Gasteiger partial charge on any atom is -0.393 e. The number of benzene rings is 3. The Bertz CT molecular complexity index is 1230. The highest BCUT2D eigenvalue weighted by atomic mass is 16.6. The van der Waals surface area contributed by atoms with Gasteiger partial charge in [0.15, 0.2) is 0 Å². The van der Waals surface area contributed by atoms with E-state index in [0.29, 0.717) is 32.8 Å². The molecule has 1 saturated heterocycles. The van der Waals surface area contributed by atoms with E-state index in [-0.39, 0.29) is 18.8 Å². The van der Waals surface area contributed by atoms with Crippen molar-refractivity contribution in [3.8, 4) is 0 Å². The van der Waals surface area contributed by atoms with Gasteiger partial charge in [0.1, 0.15) is 24.4 Å². The fourth-order valence-corrected chi connectivity index (χ4v) is 5.25. The summed E-state index contributed by atoms with van der Waals surface area (Å²) < 4.78 is 32.7. The molecule has 0 radical (unpaired) electrons. The van der Waals surface area contributed by atoms with E-state index < -0.39 is 30.5 Å². The van der Waals surface area contributed by atoms with Gasteiger partial charge in [0.05, 0.1) is 51.3 Å². The molecule has 2 N–H and O–H groups in total. The number of hydrogen-bond donors (Lipinski definition) is 2. The average molecular weight is 573 g/mol. The van der Waals surface area contributed by atoms with Gasteiger partial charge in [-0.15, -0.1) is 0 Å². The van der Waals surface area contributed by atoms with Crippen molar-refractivity contribution in [1.29, 1.82) is 0 Å². The Balaban J connectivity index is 1.39. The van der Waals surface area contributed by atoms with Gasteiger partial charge < -0.3 is 33.9 Å². The Kier molecular flexibility index (Phi) is 11.5. The lowest BCUT2D eigenvalue weighted by atomic mass is 9.92. The fraction of sp³-hybridized carbons (Fsp3) is 0.371. The second kappa shape index (κ2) is 15.9. The third-order valence-electron chi connectivity index (χ3n) is 7.41. The predicted octanol–water partition coefficient (Wildman–Crippen LogP) is 4.76. The number of rotatable bonds is 13. The maximum Gasteiger partial charge on any atom is 0.115 e. The van der Waals surface area contributed by atoms with Crippen LogP contribution < -0.4 is 0 Å². The van der Waals surface area contributed by atoms with Crippen LogP contribution in [0.1, 0.15) is 23.1 Å². The number of ether oxygens (including phenoxy) is 5. The molecule has 7 atom stereocenters. The minimum absolute atomic E-state index is 0.287. The standard InChI is InChI=1S/C35H40O7/c36-21-29(37)19-20-30-17-10-18-31-34(41-30)35(40-24-28-15-8-3-9-16-28)33(39-23-27-13-6-2-7-14-27)32(42-31)25-38-22-26-11-4-1-5-12-26/h1-17,19-20,29-37H,18,21-25H2/t29-,30+,31-,32+,33+,34-,35-/m0/s1. The molecule has 0 aromatic heterocycles. The van der Waals surface area contributed by atoms with Gasteiger partial charge in [-0.2, -0.15) is 0 Å². The van der Waals surface area contributed by atoms with Crippen LogP contribution in [0.2, 0.25) is 0 Å². The SMILES string of the molecule is OC[C@@H](O)C=C[C@H]1C=CC[C@@H]2O[C@H](COCc3ccccc3)[C@@H](OCc3ccccc3)[C@H](OCc3ccccc3)[C@H]2O1. The first-order valence-corrected chi connectivity index (χ1v) is 14.6. The molecule has 3 aromatic rings. The molecule has 1 fully saturated rings. The molecule has 0 unspecified atom stereocenters. The Morgan fingerprint density at radius 3 is 1.93 bits per heavy atom. The first-order chi connectivity index (χ1) is 20.7. The molecule has 2 aliphatic heterocycles. The maximum absolute atomic E-state index is 9.87. The van der Waals surface area contributed by atoms with E-state index in [1.165, 1.54) is 0 Å². The summed E-state index contributed by atoms with van der Waals surface area (Å²) in [7, 11) is 0. The van der Waals surface area contributed by atoms with Crippen molar-refractivity contribution in [2.24, 2.45) is 0 Å². The van der Waals surface area contributed by atoms with Gasteiger partial charge in [-0.25, -0.2) is 0 Å². The number of aliphatic hydroxyl groups excluding tert-OH is 2. The highest BCUT2D eigenvalue weighted by Gasteiger charge is 2.49. The molecule has 3 aromatic carbocycles. The summed E-state index contributed by atoms with van der Waals surface area (Å²) >= 11 is 0. The first-order valence-electron chi connectivity index (χ1n) is 14.6. The molecule has 7 nitrogen and oxygen atoms in total. The lowest BCUT2D eigenvalue weighted by Gasteiger charge is -2.46. The quantitative estimate of drug-likeness (QED) is 0.286. The summed E-state index contributed by atoms with van der Waals surface area (Å²) in [4.78, 5) is 0. The number of fused-ring (bicyclic) bond motifs is 1. The normalized spacial score (nSPS) is 26.5. The molecule has 2 aliphatic rings. The predicted molar refractivity (Wildman–Crippen MR) is 159 cm³/mol. The van der Waals surface area contributed by atoms with Crippen LogP contribution in [0.25, 0.3) is 0 Å². The highest BCUT2D eigenvalue weighted by molar-refractivity contribution is 5.16. The van der Waals surface area contributed by atoms with E-state index in [1.807, 2.05) is 103 Å². The van der Waals surface area contributed by atoms with Crippen LogP contribution in [0.3, 0.4) is 0 Å². The summed E-state index contributed by atoms with van der Waals surface area (Å²) in [6.45, 7) is 1.21. The van der Waals surface area contributed by atoms with E-state index in [1.54, 1.807) is 12.2 Å². The molecule has 2 heterocycles. The van der Waals surface area contributed by atoms with Crippen LogP contribution in [0.15, 0.2) is 115 Å². The van der Waals surface area contributed by atoms with Crippen LogP contribution in [0.4, 0.5) is 0 Å². The summed E-state index contributed by atoms with van der Waals surface area (Å²) in [5.74, 6) is 0. The third kappa shape index (κ3) is 8.69. The van der Waals surface area contributed by atoms with Crippen molar-refractivity contribution in [3.63, 3.8) is 0 Å². The topological polar surface area (TPSA) is 86.6 Å². The van der Waals surface area contributed by atoms with Crippen LogP contribution in [-0.2, 0) is 43.5 Å². The lowest BCUT2D eigenvalue weighted by Crippen LogP contribution is -2.61.